The topological polar surface area (TPSA) is 119 Å². The SMILES string of the molecule is O=C(O)C(F)(F)F.c1cc2cc(-c3ccc(-c4cn5ccc(C6=NCCN6)cc5n4)cc3)[nH]c2cc1C1=NCCN1. The number of carboxylic acids is 1. The van der Waals surface area contributed by atoms with E-state index >= 15 is 0 Å². The molecule has 4 N–H and O–H groups in total. The molecule has 12 heteroatoms. The number of aromatic nitrogens is 3. The minimum Gasteiger partial charge on any atom is -0.475 e. The van der Waals surface area contributed by atoms with Crippen molar-refractivity contribution >= 4 is 34.2 Å². The van der Waals surface area contributed by atoms with Crippen molar-refractivity contribution in [1.29, 1.82) is 0 Å². The molecule has 41 heavy (non-hydrogen) atoms. The van der Waals surface area contributed by atoms with Gasteiger partial charge in [-0.2, -0.15) is 13.2 Å². The maximum atomic E-state index is 10.6. The Morgan fingerprint density at radius 3 is 2.05 bits per heavy atom. The molecule has 0 spiro atoms. The van der Waals surface area contributed by atoms with E-state index in [1.165, 1.54) is 5.39 Å². The summed E-state index contributed by atoms with van der Waals surface area (Å²) >= 11 is 0. The van der Waals surface area contributed by atoms with E-state index in [1.807, 2.05) is 6.20 Å². The van der Waals surface area contributed by atoms with Crippen LogP contribution in [0.2, 0.25) is 0 Å². The molecule has 0 fully saturated rings. The summed E-state index contributed by atoms with van der Waals surface area (Å²) in [6.45, 7) is 3.48. The molecule has 7 rings (SSSR count). The molecular formula is C29H24F3N7O2. The Bertz CT molecular complexity index is 1700. The Hall–Kier alpha value is -5.13. The fourth-order valence-electron chi connectivity index (χ4n) is 4.70. The molecule has 0 bridgehead atoms. The van der Waals surface area contributed by atoms with E-state index in [0.29, 0.717) is 0 Å². The number of nitrogens with one attached hydrogen (secondary N) is 3. The van der Waals surface area contributed by atoms with E-state index < -0.39 is 12.1 Å². The summed E-state index contributed by atoms with van der Waals surface area (Å²) in [5, 5.41) is 15.0. The Morgan fingerprint density at radius 1 is 0.829 bits per heavy atom. The van der Waals surface area contributed by atoms with Crippen LogP contribution in [-0.4, -0.2) is 69.5 Å². The summed E-state index contributed by atoms with van der Waals surface area (Å²) in [5.74, 6) is -0.823. The number of aliphatic imine (C=N–C) groups is 2. The van der Waals surface area contributed by atoms with Crippen LogP contribution < -0.4 is 10.6 Å². The number of rotatable bonds is 4. The number of aromatic amines is 1. The predicted octanol–water partition coefficient (Wildman–Crippen LogP) is 4.48. The highest BCUT2D eigenvalue weighted by Gasteiger charge is 2.38. The number of hydrogen-bond donors (Lipinski definition) is 4. The lowest BCUT2D eigenvalue weighted by atomic mass is 10.1. The molecule has 208 valence electrons. The summed E-state index contributed by atoms with van der Waals surface area (Å²) in [6, 6.07) is 21.4. The first-order chi connectivity index (χ1) is 19.7. The predicted molar refractivity (Wildman–Crippen MR) is 150 cm³/mol. The molecule has 0 saturated carbocycles. The average Bonchev–Trinajstić information content (AvgIpc) is 3.78. The molecule has 5 aromatic rings. The maximum Gasteiger partial charge on any atom is 0.490 e. The smallest absolute Gasteiger partial charge is 0.475 e. The number of carbonyl (C=O) groups is 1. The van der Waals surface area contributed by atoms with Gasteiger partial charge in [-0.1, -0.05) is 36.4 Å². The fraction of sp³-hybridized carbons (Fsp3) is 0.172. The van der Waals surface area contributed by atoms with E-state index in [9.17, 15) is 13.2 Å². The number of pyridine rings is 1. The van der Waals surface area contributed by atoms with Gasteiger partial charge in [0.15, 0.2) is 0 Å². The number of amidine groups is 2. The largest absolute Gasteiger partial charge is 0.490 e. The van der Waals surface area contributed by atoms with E-state index in [2.05, 4.69) is 96.9 Å². The third-order valence-electron chi connectivity index (χ3n) is 6.71. The summed E-state index contributed by atoms with van der Waals surface area (Å²) in [4.78, 5) is 26.4. The third-order valence-corrected chi connectivity index (χ3v) is 6.71. The first kappa shape index (κ1) is 26.1. The number of alkyl halides is 3. The van der Waals surface area contributed by atoms with Crippen LogP contribution in [0.1, 0.15) is 11.1 Å². The van der Waals surface area contributed by atoms with Gasteiger partial charge in [-0.25, -0.2) is 9.78 Å². The Kier molecular flexibility index (Phi) is 6.66. The monoisotopic (exact) mass is 559 g/mol. The van der Waals surface area contributed by atoms with Gasteiger partial charge in [0, 0.05) is 58.8 Å². The zero-order valence-corrected chi connectivity index (χ0v) is 21.5. The van der Waals surface area contributed by atoms with Gasteiger partial charge in [-0.3, -0.25) is 9.98 Å². The normalized spacial score (nSPS) is 14.7. The average molecular weight is 560 g/mol. The number of fused-ring (bicyclic) bond motifs is 2. The quantitative estimate of drug-likeness (QED) is 0.259. The van der Waals surface area contributed by atoms with Crippen molar-refractivity contribution in [1.82, 2.24) is 25.0 Å². The Morgan fingerprint density at radius 2 is 1.44 bits per heavy atom. The molecule has 0 aliphatic carbocycles. The number of imidazole rings is 1. The minimum atomic E-state index is -5.08. The van der Waals surface area contributed by atoms with Gasteiger partial charge in [0.2, 0.25) is 0 Å². The van der Waals surface area contributed by atoms with E-state index in [-0.39, 0.29) is 0 Å². The molecule has 0 amide bonds. The highest BCUT2D eigenvalue weighted by atomic mass is 19.4. The summed E-state index contributed by atoms with van der Waals surface area (Å²) in [6.07, 6.45) is -0.967. The van der Waals surface area contributed by atoms with Gasteiger partial charge in [-0.15, -0.1) is 0 Å². The number of benzene rings is 2. The third kappa shape index (κ3) is 5.49. The van der Waals surface area contributed by atoms with Crippen LogP contribution in [0.25, 0.3) is 39.1 Å². The standard InChI is InChI=1S/C27H23N7.C2HF3O2/c1-3-18(24-16-34-12-7-21(15-25(34)33-24)27-30-10-11-31-27)4-2-17(1)22-13-19-5-6-20(14-23(19)32-22)26-28-8-9-29-26;3-2(4,5)1(6)7/h1-7,12-16,32H,8-11H2,(H,28,29)(H,30,31);(H,6,7). The minimum absolute atomic E-state index is 0.830. The lowest BCUT2D eigenvalue weighted by molar-refractivity contribution is -0.192. The highest BCUT2D eigenvalue weighted by molar-refractivity contribution is 6.03. The van der Waals surface area contributed by atoms with Crippen LogP contribution in [0, 0.1) is 0 Å². The van der Waals surface area contributed by atoms with Crippen molar-refractivity contribution in [3.63, 3.8) is 0 Å². The van der Waals surface area contributed by atoms with Gasteiger partial charge in [-0.05, 0) is 29.8 Å². The van der Waals surface area contributed by atoms with Crippen LogP contribution in [0.5, 0.6) is 0 Å². The lowest BCUT2D eigenvalue weighted by Crippen LogP contribution is -2.21. The van der Waals surface area contributed by atoms with E-state index in [0.717, 1.165) is 82.7 Å². The van der Waals surface area contributed by atoms with Gasteiger partial charge >= 0.3 is 12.1 Å². The molecule has 0 unspecified atom stereocenters. The first-order valence-electron chi connectivity index (χ1n) is 12.8. The van der Waals surface area contributed by atoms with Crippen molar-refractivity contribution in [2.75, 3.05) is 26.2 Å². The van der Waals surface area contributed by atoms with Crippen molar-refractivity contribution in [3.05, 3.63) is 84.2 Å². The van der Waals surface area contributed by atoms with Crippen LogP contribution in [-0.2, 0) is 4.79 Å². The van der Waals surface area contributed by atoms with Crippen molar-refractivity contribution < 1.29 is 23.1 Å². The molecule has 0 saturated heterocycles. The van der Waals surface area contributed by atoms with Crippen LogP contribution in [0.3, 0.4) is 0 Å². The second-order valence-corrected chi connectivity index (χ2v) is 9.49. The second-order valence-electron chi connectivity index (χ2n) is 9.49. The lowest BCUT2D eigenvalue weighted by Gasteiger charge is -2.02. The fourth-order valence-corrected chi connectivity index (χ4v) is 4.70. The highest BCUT2D eigenvalue weighted by Crippen LogP contribution is 2.28. The summed E-state index contributed by atoms with van der Waals surface area (Å²) in [5.41, 5.74) is 8.53. The number of halogens is 3. The molecule has 5 heterocycles. The van der Waals surface area contributed by atoms with Crippen molar-refractivity contribution in [3.8, 4) is 22.5 Å². The molecule has 2 aliphatic heterocycles. The van der Waals surface area contributed by atoms with Crippen molar-refractivity contribution in [2.24, 2.45) is 9.98 Å². The first-order valence-corrected chi connectivity index (χ1v) is 12.8. The molecule has 0 radical (unpaired) electrons. The number of hydrogen-bond acceptors (Lipinski definition) is 6. The zero-order chi connectivity index (χ0) is 28.6. The molecule has 9 nitrogen and oxygen atoms in total. The number of H-pyrrole nitrogens is 1. The molecule has 3 aromatic heterocycles. The van der Waals surface area contributed by atoms with Crippen LogP contribution in [0.4, 0.5) is 13.2 Å². The molecule has 2 aliphatic rings. The Labute approximate surface area is 231 Å². The zero-order valence-electron chi connectivity index (χ0n) is 21.5. The van der Waals surface area contributed by atoms with Crippen molar-refractivity contribution in [2.45, 2.75) is 6.18 Å². The van der Waals surface area contributed by atoms with Gasteiger partial charge in [0.05, 0.1) is 18.8 Å². The molecular weight excluding hydrogens is 535 g/mol. The second kappa shape index (κ2) is 10.5. The number of carboxylic acid groups (broad SMARTS) is 1. The number of aliphatic carboxylic acids is 1. The summed E-state index contributed by atoms with van der Waals surface area (Å²) in [7, 11) is 0. The van der Waals surface area contributed by atoms with Crippen LogP contribution in [0.15, 0.2) is 83.0 Å². The number of nitrogens with zero attached hydrogens (tertiary/aromatic N) is 4. The molecule has 0 atom stereocenters. The van der Waals surface area contributed by atoms with Crippen LogP contribution >= 0.6 is 0 Å². The van der Waals surface area contributed by atoms with Gasteiger partial charge in [0.25, 0.3) is 0 Å². The maximum absolute atomic E-state index is 10.6. The summed E-state index contributed by atoms with van der Waals surface area (Å²) < 4.78 is 33.8. The van der Waals surface area contributed by atoms with E-state index in [1.54, 1.807) is 0 Å². The van der Waals surface area contributed by atoms with Gasteiger partial charge < -0.3 is 25.1 Å². The Balaban J connectivity index is 0.000000387. The van der Waals surface area contributed by atoms with Gasteiger partial charge in [0.1, 0.15) is 17.3 Å². The van der Waals surface area contributed by atoms with E-state index in [4.69, 9.17) is 14.9 Å². The molecule has 2 aromatic carbocycles.